The Morgan fingerprint density at radius 3 is 2.52 bits per heavy atom. The van der Waals surface area contributed by atoms with E-state index in [0.717, 1.165) is 16.8 Å². The van der Waals surface area contributed by atoms with E-state index in [9.17, 15) is 8.42 Å². The molecule has 0 aliphatic carbocycles. The van der Waals surface area contributed by atoms with Crippen molar-refractivity contribution >= 4 is 15.8 Å². The summed E-state index contributed by atoms with van der Waals surface area (Å²) in [5.41, 5.74) is 2.98. The molecule has 0 aliphatic heterocycles. The Balaban J connectivity index is 1.77. The molecule has 0 radical (unpaired) electrons. The third-order valence-electron chi connectivity index (χ3n) is 3.73. The largest absolute Gasteiger partial charge is 0.366 e. The van der Waals surface area contributed by atoms with Gasteiger partial charge in [-0.15, -0.1) is 0 Å². The molecule has 7 nitrogen and oxygen atoms in total. The number of aryl methyl sites for hydroxylation is 1. The summed E-state index contributed by atoms with van der Waals surface area (Å²) in [6.45, 7) is 0.531. The molecule has 0 bridgehead atoms. The fourth-order valence-corrected chi connectivity index (χ4v) is 3.13. The molecule has 0 saturated carbocycles. The lowest BCUT2D eigenvalue weighted by atomic mass is 10.1. The molecule has 0 spiro atoms. The molecule has 2 N–H and O–H groups in total. The minimum atomic E-state index is -3.48. The minimum absolute atomic E-state index is 0.131. The summed E-state index contributed by atoms with van der Waals surface area (Å²) in [5, 5.41) is 7.72. The van der Waals surface area contributed by atoms with Crippen LogP contribution in [0.15, 0.2) is 59.8 Å². The van der Waals surface area contributed by atoms with Crippen LogP contribution < -0.4 is 10.0 Å². The number of pyridine rings is 1. The Morgan fingerprint density at radius 2 is 1.88 bits per heavy atom. The quantitative estimate of drug-likeness (QED) is 0.704. The monoisotopic (exact) mass is 357 g/mol. The number of hydrogen-bond acceptors (Lipinski definition) is 5. The van der Waals surface area contributed by atoms with Gasteiger partial charge in [0.2, 0.25) is 10.0 Å². The molecule has 0 amide bonds. The van der Waals surface area contributed by atoms with E-state index in [4.69, 9.17) is 0 Å². The molecular formula is C17H19N5O2S. The first-order chi connectivity index (χ1) is 12.0. The smallest absolute Gasteiger partial charge is 0.241 e. The highest BCUT2D eigenvalue weighted by atomic mass is 32.2. The van der Waals surface area contributed by atoms with Gasteiger partial charge in [-0.3, -0.25) is 4.68 Å². The van der Waals surface area contributed by atoms with Crippen molar-refractivity contribution in [1.82, 2.24) is 19.5 Å². The number of nitrogens with zero attached hydrogens (tertiary/aromatic N) is 3. The third-order valence-corrected chi connectivity index (χ3v) is 5.13. The van der Waals surface area contributed by atoms with Crippen LogP contribution in [-0.4, -0.2) is 30.2 Å². The Hall–Kier alpha value is -2.71. The lowest BCUT2D eigenvalue weighted by molar-refractivity contribution is 0.588. The van der Waals surface area contributed by atoms with E-state index in [1.165, 1.54) is 19.3 Å². The number of aromatic nitrogens is 3. The molecule has 2 aromatic heterocycles. The lowest BCUT2D eigenvalue weighted by Crippen LogP contribution is -2.18. The van der Waals surface area contributed by atoms with Crippen LogP contribution in [0.4, 0.5) is 5.82 Å². The van der Waals surface area contributed by atoms with Gasteiger partial charge in [-0.25, -0.2) is 18.1 Å². The summed E-state index contributed by atoms with van der Waals surface area (Å²) in [6, 6.07) is 13.1. The van der Waals surface area contributed by atoms with Crippen LogP contribution in [0.1, 0.15) is 5.56 Å². The van der Waals surface area contributed by atoms with E-state index >= 15 is 0 Å². The van der Waals surface area contributed by atoms with Crippen molar-refractivity contribution < 1.29 is 8.42 Å². The molecule has 3 aromatic rings. The second-order valence-electron chi connectivity index (χ2n) is 5.48. The molecule has 25 heavy (non-hydrogen) atoms. The highest BCUT2D eigenvalue weighted by Gasteiger charge is 2.12. The van der Waals surface area contributed by atoms with Crippen molar-refractivity contribution in [3.05, 3.63) is 60.4 Å². The van der Waals surface area contributed by atoms with Gasteiger partial charge in [-0.1, -0.05) is 30.3 Å². The predicted octanol–water partition coefficient (Wildman–Crippen LogP) is 2.00. The first-order valence-corrected chi connectivity index (χ1v) is 9.19. The Morgan fingerprint density at radius 1 is 1.12 bits per heavy atom. The molecular weight excluding hydrogens is 338 g/mol. The topological polar surface area (TPSA) is 88.9 Å². The normalized spacial score (nSPS) is 11.4. The van der Waals surface area contributed by atoms with Crippen LogP contribution in [0.5, 0.6) is 0 Å². The van der Waals surface area contributed by atoms with Crippen LogP contribution in [0.25, 0.3) is 11.3 Å². The summed E-state index contributed by atoms with van der Waals surface area (Å²) < 4.78 is 27.5. The van der Waals surface area contributed by atoms with Crippen LogP contribution in [-0.2, 0) is 23.6 Å². The van der Waals surface area contributed by atoms with Crippen LogP contribution in [0.3, 0.4) is 0 Å². The van der Waals surface area contributed by atoms with Gasteiger partial charge in [-0.2, -0.15) is 5.10 Å². The number of hydrogen-bond donors (Lipinski definition) is 2. The number of sulfonamides is 1. The van der Waals surface area contributed by atoms with Gasteiger partial charge < -0.3 is 5.32 Å². The van der Waals surface area contributed by atoms with E-state index in [-0.39, 0.29) is 4.90 Å². The molecule has 1 aromatic carbocycles. The van der Waals surface area contributed by atoms with Gasteiger partial charge in [0.15, 0.2) is 0 Å². The Bertz CT molecular complexity index is 950. The summed E-state index contributed by atoms with van der Waals surface area (Å²) in [6.07, 6.45) is 3.28. The molecule has 0 saturated heterocycles. The van der Waals surface area contributed by atoms with Crippen molar-refractivity contribution in [2.45, 2.75) is 11.4 Å². The highest BCUT2D eigenvalue weighted by Crippen LogP contribution is 2.22. The average Bonchev–Trinajstić information content (AvgIpc) is 3.02. The zero-order chi connectivity index (χ0) is 17.9. The summed E-state index contributed by atoms with van der Waals surface area (Å²) in [4.78, 5) is 4.29. The third kappa shape index (κ3) is 3.86. The Kier molecular flexibility index (Phi) is 4.82. The maximum absolute atomic E-state index is 11.7. The van der Waals surface area contributed by atoms with Gasteiger partial charge in [0.05, 0.1) is 5.69 Å². The fraction of sp³-hybridized carbons (Fsp3) is 0.176. The Labute approximate surface area is 146 Å². The van der Waals surface area contributed by atoms with Gasteiger partial charge in [0.25, 0.3) is 0 Å². The molecule has 8 heteroatoms. The standard InChI is InChI=1S/C17H19N5O2S/c1-18-25(23,24)15-8-9-16(20-11-15)19-10-14-12-22(2)21-17(14)13-6-4-3-5-7-13/h3-9,11-12,18H,10H2,1-2H3,(H,19,20). The van der Waals surface area contributed by atoms with Gasteiger partial charge >= 0.3 is 0 Å². The molecule has 0 atom stereocenters. The second-order valence-corrected chi connectivity index (χ2v) is 7.37. The van der Waals surface area contributed by atoms with E-state index in [2.05, 4.69) is 20.1 Å². The van der Waals surface area contributed by atoms with Crippen molar-refractivity contribution in [2.24, 2.45) is 7.05 Å². The molecule has 0 fully saturated rings. The fourth-order valence-electron chi connectivity index (χ4n) is 2.45. The molecule has 2 heterocycles. The van der Waals surface area contributed by atoms with Crippen LogP contribution >= 0.6 is 0 Å². The van der Waals surface area contributed by atoms with Crippen molar-refractivity contribution in [1.29, 1.82) is 0 Å². The van der Waals surface area contributed by atoms with Crippen molar-refractivity contribution in [3.8, 4) is 11.3 Å². The van der Waals surface area contributed by atoms with Crippen LogP contribution in [0.2, 0.25) is 0 Å². The number of anilines is 1. The summed E-state index contributed by atoms with van der Waals surface area (Å²) in [7, 11) is -0.224. The molecule has 130 valence electrons. The highest BCUT2D eigenvalue weighted by molar-refractivity contribution is 7.89. The van der Waals surface area contributed by atoms with Crippen molar-refractivity contribution in [2.75, 3.05) is 12.4 Å². The first-order valence-electron chi connectivity index (χ1n) is 7.71. The second kappa shape index (κ2) is 7.04. The lowest BCUT2D eigenvalue weighted by Gasteiger charge is -2.07. The van der Waals surface area contributed by atoms with Gasteiger partial charge in [-0.05, 0) is 19.2 Å². The SMILES string of the molecule is CNS(=O)(=O)c1ccc(NCc2cn(C)nc2-c2ccccc2)nc1. The minimum Gasteiger partial charge on any atom is -0.366 e. The van der Waals surface area contributed by atoms with E-state index in [1.807, 2.05) is 43.6 Å². The molecule has 0 unspecified atom stereocenters. The maximum atomic E-state index is 11.7. The van der Waals surface area contributed by atoms with Crippen molar-refractivity contribution in [3.63, 3.8) is 0 Å². The predicted molar refractivity (Wildman–Crippen MR) is 96.5 cm³/mol. The maximum Gasteiger partial charge on any atom is 0.241 e. The van der Waals surface area contributed by atoms with E-state index in [0.29, 0.717) is 12.4 Å². The first kappa shape index (κ1) is 17.1. The zero-order valence-electron chi connectivity index (χ0n) is 14.0. The van der Waals surface area contributed by atoms with Crippen LogP contribution in [0, 0.1) is 0 Å². The van der Waals surface area contributed by atoms with Gasteiger partial charge in [0, 0.05) is 37.1 Å². The molecule has 3 rings (SSSR count). The average molecular weight is 357 g/mol. The number of nitrogens with one attached hydrogen (secondary N) is 2. The molecule has 0 aliphatic rings. The van der Waals surface area contributed by atoms with E-state index in [1.54, 1.807) is 10.7 Å². The summed E-state index contributed by atoms with van der Waals surface area (Å²) >= 11 is 0. The number of benzene rings is 1. The zero-order valence-corrected chi connectivity index (χ0v) is 14.8. The van der Waals surface area contributed by atoms with E-state index < -0.39 is 10.0 Å². The number of rotatable bonds is 6. The summed E-state index contributed by atoms with van der Waals surface area (Å²) in [5.74, 6) is 0.595. The van der Waals surface area contributed by atoms with Gasteiger partial charge in [0.1, 0.15) is 10.7 Å².